The van der Waals surface area contributed by atoms with Gasteiger partial charge in [-0.1, -0.05) is 20.8 Å². The minimum absolute atomic E-state index is 0.279. The van der Waals surface area contributed by atoms with E-state index in [1.807, 2.05) is 0 Å². The molecule has 0 aromatic heterocycles. The van der Waals surface area contributed by atoms with E-state index in [-0.39, 0.29) is 5.54 Å². The van der Waals surface area contributed by atoms with Gasteiger partial charge in [0.2, 0.25) is 0 Å². The third-order valence-corrected chi connectivity index (χ3v) is 4.93. The number of nitrogens with zero attached hydrogens (tertiary/aromatic N) is 1. The smallest absolute Gasteiger partial charge is 0.0474 e. The molecule has 0 amide bonds. The molecule has 0 bridgehead atoms. The molecule has 1 aliphatic rings. The zero-order valence-corrected chi connectivity index (χ0v) is 13.0. The third kappa shape index (κ3) is 3.46. The second-order valence-corrected chi connectivity index (χ2v) is 5.97. The average Bonchev–Trinajstić information content (AvgIpc) is 2.40. The first-order chi connectivity index (χ1) is 8.55. The van der Waals surface area contributed by atoms with Crippen LogP contribution in [0.2, 0.25) is 0 Å². The summed E-state index contributed by atoms with van der Waals surface area (Å²) in [4.78, 5) is 2.71. The lowest BCUT2D eigenvalue weighted by atomic mass is 9.82. The van der Waals surface area contributed by atoms with Crippen LogP contribution in [-0.2, 0) is 4.74 Å². The van der Waals surface area contributed by atoms with E-state index < -0.39 is 0 Å². The summed E-state index contributed by atoms with van der Waals surface area (Å²) < 4.78 is 5.20. The van der Waals surface area contributed by atoms with Crippen molar-refractivity contribution in [3.8, 4) is 0 Å². The van der Waals surface area contributed by atoms with Gasteiger partial charge in [0.15, 0.2) is 0 Å². The molecule has 1 fully saturated rings. The highest BCUT2D eigenvalue weighted by Gasteiger charge is 2.42. The Morgan fingerprint density at radius 1 is 1.17 bits per heavy atom. The Labute approximate surface area is 113 Å². The maximum atomic E-state index is 5.20. The molecule has 1 heterocycles. The van der Waals surface area contributed by atoms with Crippen molar-refractivity contribution in [2.45, 2.75) is 64.5 Å². The Bertz CT molecular complexity index is 241. The van der Waals surface area contributed by atoms with Gasteiger partial charge in [0.25, 0.3) is 0 Å². The van der Waals surface area contributed by atoms with Gasteiger partial charge in [0.1, 0.15) is 0 Å². The maximum Gasteiger partial charge on any atom is 0.0474 e. The summed E-state index contributed by atoms with van der Waals surface area (Å²) >= 11 is 0. The first-order valence-electron chi connectivity index (χ1n) is 7.55. The topological polar surface area (TPSA) is 24.5 Å². The van der Waals surface area contributed by atoms with Crippen LogP contribution < -0.4 is 5.32 Å². The first kappa shape index (κ1) is 15.9. The lowest BCUT2D eigenvalue weighted by Gasteiger charge is -2.53. The van der Waals surface area contributed by atoms with Gasteiger partial charge in [0, 0.05) is 44.4 Å². The summed E-state index contributed by atoms with van der Waals surface area (Å²) in [5.41, 5.74) is 0.628. The first-order valence-corrected chi connectivity index (χ1v) is 7.55. The van der Waals surface area contributed by atoms with Crippen molar-refractivity contribution in [3.63, 3.8) is 0 Å². The highest BCUT2D eigenvalue weighted by molar-refractivity contribution is 5.02. The predicted molar refractivity (Wildman–Crippen MR) is 78.1 cm³/mol. The van der Waals surface area contributed by atoms with Gasteiger partial charge in [-0.05, 0) is 32.6 Å². The van der Waals surface area contributed by atoms with Crippen molar-refractivity contribution in [1.29, 1.82) is 0 Å². The maximum absolute atomic E-state index is 5.20. The number of nitrogens with one attached hydrogen (secondary N) is 1. The van der Waals surface area contributed by atoms with Gasteiger partial charge >= 0.3 is 0 Å². The van der Waals surface area contributed by atoms with Crippen molar-refractivity contribution < 1.29 is 4.74 Å². The number of piperazine rings is 1. The van der Waals surface area contributed by atoms with E-state index in [2.05, 4.69) is 37.9 Å². The van der Waals surface area contributed by atoms with Gasteiger partial charge in [-0.2, -0.15) is 0 Å². The number of hydrogen-bond acceptors (Lipinski definition) is 3. The molecule has 0 spiro atoms. The lowest BCUT2D eigenvalue weighted by molar-refractivity contribution is -0.00240. The highest BCUT2D eigenvalue weighted by atomic mass is 16.5. The van der Waals surface area contributed by atoms with Crippen LogP contribution >= 0.6 is 0 Å². The highest BCUT2D eigenvalue weighted by Crippen LogP contribution is 2.31. The van der Waals surface area contributed by atoms with Gasteiger partial charge in [-0.15, -0.1) is 0 Å². The fourth-order valence-corrected chi connectivity index (χ4v) is 3.03. The molecular weight excluding hydrogens is 224 g/mol. The van der Waals surface area contributed by atoms with E-state index in [4.69, 9.17) is 4.74 Å². The van der Waals surface area contributed by atoms with Crippen LogP contribution in [0.5, 0.6) is 0 Å². The Hall–Kier alpha value is -0.120. The monoisotopic (exact) mass is 256 g/mol. The molecular formula is C15H32N2O. The van der Waals surface area contributed by atoms with Crippen LogP contribution in [0.15, 0.2) is 0 Å². The van der Waals surface area contributed by atoms with Crippen LogP contribution in [-0.4, -0.2) is 49.3 Å². The molecule has 0 aromatic rings. The summed E-state index contributed by atoms with van der Waals surface area (Å²) in [6, 6.07) is 0. The molecule has 1 unspecified atom stereocenters. The van der Waals surface area contributed by atoms with Crippen LogP contribution in [0.3, 0.4) is 0 Å². The molecule has 0 radical (unpaired) electrons. The molecule has 3 nitrogen and oxygen atoms in total. The van der Waals surface area contributed by atoms with E-state index in [1.54, 1.807) is 7.11 Å². The van der Waals surface area contributed by atoms with E-state index in [0.717, 1.165) is 32.7 Å². The predicted octanol–water partition coefficient (Wildman–Crippen LogP) is 2.66. The minimum atomic E-state index is 0.279. The molecule has 1 N–H and O–H groups in total. The lowest BCUT2D eigenvalue weighted by Crippen LogP contribution is -2.68. The fraction of sp³-hybridized carbons (Fsp3) is 1.00. The second kappa shape index (κ2) is 6.88. The Morgan fingerprint density at radius 3 is 2.33 bits per heavy atom. The Morgan fingerprint density at radius 2 is 1.83 bits per heavy atom. The molecule has 0 aliphatic carbocycles. The van der Waals surface area contributed by atoms with Crippen LogP contribution in [0.25, 0.3) is 0 Å². The quantitative estimate of drug-likeness (QED) is 0.709. The molecule has 1 rings (SSSR count). The summed E-state index contributed by atoms with van der Waals surface area (Å²) in [6.45, 7) is 13.6. The largest absolute Gasteiger partial charge is 0.385 e. The van der Waals surface area contributed by atoms with E-state index >= 15 is 0 Å². The second-order valence-electron chi connectivity index (χ2n) is 5.97. The van der Waals surface area contributed by atoms with Crippen molar-refractivity contribution >= 4 is 0 Å². The van der Waals surface area contributed by atoms with Crippen LogP contribution in [0.4, 0.5) is 0 Å². The standard InChI is InChI=1S/C15H32N2O/c1-6-14(4)13-17(10-9-11-18-5)15(7-2,8-3)12-16-14/h16H,6-13H2,1-5H3. The molecule has 108 valence electrons. The number of rotatable bonds is 7. The minimum Gasteiger partial charge on any atom is -0.385 e. The zero-order chi connectivity index (χ0) is 13.6. The Balaban J connectivity index is 2.72. The molecule has 3 heteroatoms. The fourth-order valence-electron chi connectivity index (χ4n) is 3.03. The van der Waals surface area contributed by atoms with Crippen molar-refractivity contribution in [2.24, 2.45) is 0 Å². The van der Waals surface area contributed by atoms with Crippen LogP contribution in [0, 0.1) is 0 Å². The van der Waals surface area contributed by atoms with Gasteiger partial charge in [-0.25, -0.2) is 0 Å². The summed E-state index contributed by atoms with van der Waals surface area (Å²) in [5, 5.41) is 3.79. The molecule has 1 aliphatic heterocycles. The van der Waals surface area contributed by atoms with Crippen molar-refractivity contribution in [2.75, 3.05) is 33.4 Å². The molecule has 0 aromatic carbocycles. The normalized spacial score (nSPS) is 28.5. The molecule has 0 saturated carbocycles. The van der Waals surface area contributed by atoms with E-state index in [0.29, 0.717) is 5.54 Å². The van der Waals surface area contributed by atoms with E-state index in [9.17, 15) is 0 Å². The number of hydrogen-bond donors (Lipinski definition) is 1. The van der Waals surface area contributed by atoms with Gasteiger partial charge in [0.05, 0.1) is 0 Å². The molecule has 1 atom stereocenters. The van der Waals surface area contributed by atoms with Crippen LogP contribution in [0.1, 0.15) is 53.4 Å². The summed E-state index contributed by atoms with van der Waals surface area (Å²) in [7, 11) is 1.79. The third-order valence-electron chi connectivity index (χ3n) is 4.93. The molecule has 18 heavy (non-hydrogen) atoms. The van der Waals surface area contributed by atoms with Crippen molar-refractivity contribution in [1.82, 2.24) is 10.2 Å². The average molecular weight is 256 g/mol. The number of ether oxygens (including phenoxy) is 1. The summed E-state index contributed by atoms with van der Waals surface area (Å²) in [5.74, 6) is 0. The number of methoxy groups -OCH3 is 1. The SMILES string of the molecule is CCC1(C)CN(CCCOC)C(CC)(CC)CN1. The van der Waals surface area contributed by atoms with Gasteiger partial charge in [-0.3, -0.25) is 4.90 Å². The summed E-state index contributed by atoms with van der Waals surface area (Å²) in [6.07, 6.45) is 4.78. The molecule has 1 saturated heterocycles. The Kier molecular flexibility index (Phi) is 6.09. The van der Waals surface area contributed by atoms with Crippen molar-refractivity contribution in [3.05, 3.63) is 0 Å². The van der Waals surface area contributed by atoms with Gasteiger partial charge < -0.3 is 10.1 Å². The van der Waals surface area contributed by atoms with E-state index in [1.165, 1.54) is 19.3 Å². The zero-order valence-electron chi connectivity index (χ0n) is 13.0.